The van der Waals surface area contributed by atoms with Gasteiger partial charge >= 0.3 is 0 Å². The molecule has 1 amide bonds. The fourth-order valence-electron chi connectivity index (χ4n) is 1.60. The van der Waals surface area contributed by atoms with Crippen molar-refractivity contribution in [2.45, 2.75) is 13.8 Å². The topological polar surface area (TPSA) is 81.3 Å². The molecule has 0 aliphatic carbocycles. The normalized spacial score (nSPS) is 10.5. The minimum atomic E-state index is -0.438. The molecule has 2 N–H and O–H groups in total. The van der Waals surface area contributed by atoms with Gasteiger partial charge in [-0.05, 0) is 5.92 Å². The molecule has 0 radical (unpaired) electrons. The second-order valence-electron chi connectivity index (χ2n) is 4.26. The van der Waals surface area contributed by atoms with Gasteiger partial charge in [0.05, 0.1) is 13.7 Å². The van der Waals surface area contributed by atoms with Crippen molar-refractivity contribution in [2.75, 3.05) is 25.1 Å². The number of rotatable bonds is 6. The van der Waals surface area contributed by atoms with Crippen molar-refractivity contribution in [2.24, 2.45) is 11.7 Å². The van der Waals surface area contributed by atoms with Crippen LogP contribution in [0.5, 0.6) is 5.75 Å². The fourth-order valence-corrected chi connectivity index (χ4v) is 1.80. The maximum Gasteiger partial charge on any atom is 0.237 e. The van der Waals surface area contributed by atoms with Crippen LogP contribution in [0.1, 0.15) is 13.8 Å². The highest BCUT2D eigenvalue weighted by atomic mass is 35.5. The van der Waals surface area contributed by atoms with Gasteiger partial charge in [0.15, 0.2) is 16.7 Å². The van der Waals surface area contributed by atoms with E-state index in [1.165, 1.54) is 13.4 Å². The molecule has 18 heavy (non-hydrogen) atoms. The Morgan fingerprint density at radius 2 is 2.22 bits per heavy atom. The summed E-state index contributed by atoms with van der Waals surface area (Å²) in [4.78, 5) is 20.8. The number of halogens is 1. The van der Waals surface area contributed by atoms with Gasteiger partial charge in [-0.15, -0.1) is 0 Å². The largest absolute Gasteiger partial charge is 0.490 e. The molecule has 0 saturated carbocycles. The first-order valence-electron chi connectivity index (χ1n) is 5.53. The molecule has 0 saturated heterocycles. The van der Waals surface area contributed by atoms with Crippen LogP contribution in [0.3, 0.4) is 0 Å². The molecular weight excluding hydrogens is 256 g/mol. The number of nitrogens with zero attached hydrogens (tertiary/aromatic N) is 3. The van der Waals surface area contributed by atoms with Gasteiger partial charge in [-0.2, -0.15) is 0 Å². The molecule has 0 aliphatic heterocycles. The van der Waals surface area contributed by atoms with E-state index in [4.69, 9.17) is 22.1 Å². The predicted octanol–water partition coefficient (Wildman–Crippen LogP) is 1.09. The van der Waals surface area contributed by atoms with E-state index in [0.717, 1.165) is 0 Å². The van der Waals surface area contributed by atoms with E-state index in [1.54, 1.807) is 4.90 Å². The first kappa shape index (κ1) is 14.5. The number of aromatic nitrogens is 2. The quantitative estimate of drug-likeness (QED) is 0.784. The standard InChI is InChI=1S/C11H17ClN4O2/c1-7(2)4-16(5-8(13)17)11-9(18-3)10(12)14-6-15-11/h6-7H,4-5H2,1-3H3,(H2,13,17). The lowest BCUT2D eigenvalue weighted by molar-refractivity contribution is -0.116. The van der Waals surface area contributed by atoms with Crippen LogP contribution >= 0.6 is 11.6 Å². The van der Waals surface area contributed by atoms with Gasteiger partial charge < -0.3 is 15.4 Å². The van der Waals surface area contributed by atoms with Crippen LogP contribution in [0.4, 0.5) is 5.82 Å². The number of primary amides is 1. The number of anilines is 1. The highest BCUT2D eigenvalue weighted by Gasteiger charge is 2.19. The molecule has 7 heteroatoms. The summed E-state index contributed by atoms with van der Waals surface area (Å²) in [5.41, 5.74) is 5.24. The van der Waals surface area contributed by atoms with Crippen LogP contribution in [-0.4, -0.2) is 36.1 Å². The molecule has 0 fully saturated rings. The van der Waals surface area contributed by atoms with Crippen molar-refractivity contribution in [3.63, 3.8) is 0 Å². The molecule has 0 unspecified atom stereocenters. The predicted molar refractivity (Wildman–Crippen MR) is 69.8 cm³/mol. The monoisotopic (exact) mass is 272 g/mol. The number of amides is 1. The van der Waals surface area contributed by atoms with Gasteiger partial charge in [0.25, 0.3) is 0 Å². The van der Waals surface area contributed by atoms with Crippen LogP contribution in [-0.2, 0) is 4.79 Å². The Labute approximate surface area is 111 Å². The molecule has 0 atom stereocenters. The van der Waals surface area contributed by atoms with Crippen molar-refractivity contribution in [1.29, 1.82) is 0 Å². The van der Waals surface area contributed by atoms with E-state index in [9.17, 15) is 4.79 Å². The molecule has 1 rings (SSSR count). The van der Waals surface area contributed by atoms with Crippen molar-refractivity contribution in [3.8, 4) is 5.75 Å². The van der Waals surface area contributed by atoms with Crippen LogP contribution in [0.15, 0.2) is 6.33 Å². The van der Waals surface area contributed by atoms with E-state index in [1.807, 2.05) is 13.8 Å². The zero-order valence-electron chi connectivity index (χ0n) is 10.7. The summed E-state index contributed by atoms with van der Waals surface area (Å²) in [5.74, 6) is 0.723. The highest BCUT2D eigenvalue weighted by Crippen LogP contribution is 2.31. The van der Waals surface area contributed by atoms with E-state index in [2.05, 4.69) is 9.97 Å². The number of carbonyl (C=O) groups is 1. The molecule has 0 spiro atoms. The molecule has 0 aromatic carbocycles. The molecule has 1 heterocycles. The summed E-state index contributed by atoms with van der Waals surface area (Å²) in [5, 5.41) is 0.209. The summed E-state index contributed by atoms with van der Waals surface area (Å²) in [6, 6.07) is 0. The molecule has 0 aliphatic rings. The lowest BCUT2D eigenvalue weighted by Crippen LogP contribution is -2.37. The third kappa shape index (κ3) is 3.73. The van der Waals surface area contributed by atoms with Gasteiger partial charge in [-0.3, -0.25) is 4.79 Å². The maximum absolute atomic E-state index is 11.1. The minimum absolute atomic E-state index is 0.0574. The van der Waals surface area contributed by atoms with Gasteiger partial charge in [0.1, 0.15) is 6.33 Å². The molecular formula is C11H17ClN4O2. The van der Waals surface area contributed by atoms with Crippen LogP contribution in [0.2, 0.25) is 5.15 Å². The van der Waals surface area contributed by atoms with Crippen molar-refractivity contribution in [3.05, 3.63) is 11.5 Å². The second-order valence-corrected chi connectivity index (χ2v) is 4.62. The van der Waals surface area contributed by atoms with Gasteiger partial charge in [0, 0.05) is 6.54 Å². The average molecular weight is 273 g/mol. The summed E-state index contributed by atoms with van der Waals surface area (Å²) in [6.07, 6.45) is 1.33. The smallest absolute Gasteiger partial charge is 0.237 e. The number of methoxy groups -OCH3 is 1. The fraction of sp³-hybridized carbons (Fsp3) is 0.545. The SMILES string of the molecule is COc1c(Cl)ncnc1N(CC(N)=O)CC(C)C. The van der Waals surface area contributed by atoms with E-state index >= 15 is 0 Å². The van der Waals surface area contributed by atoms with E-state index in [0.29, 0.717) is 24.0 Å². The number of hydrogen-bond acceptors (Lipinski definition) is 5. The number of nitrogens with two attached hydrogens (primary N) is 1. The Hall–Kier alpha value is -1.56. The molecule has 6 nitrogen and oxygen atoms in total. The van der Waals surface area contributed by atoms with Gasteiger partial charge in [-0.1, -0.05) is 25.4 Å². The van der Waals surface area contributed by atoms with E-state index < -0.39 is 5.91 Å². The Bertz CT molecular complexity index is 426. The Morgan fingerprint density at radius 1 is 1.56 bits per heavy atom. The lowest BCUT2D eigenvalue weighted by Gasteiger charge is -2.25. The Kier molecular flexibility index (Phi) is 5.15. The molecule has 0 bridgehead atoms. The summed E-state index contributed by atoms with van der Waals surface area (Å²) in [7, 11) is 1.48. The van der Waals surface area contributed by atoms with Crippen molar-refractivity contribution in [1.82, 2.24) is 9.97 Å². The first-order valence-corrected chi connectivity index (χ1v) is 5.91. The van der Waals surface area contributed by atoms with Gasteiger partial charge in [-0.25, -0.2) is 9.97 Å². The highest BCUT2D eigenvalue weighted by molar-refractivity contribution is 6.31. The summed E-state index contributed by atoms with van der Waals surface area (Å²) < 4.78 is 5.17. The molecule has 1 aromatic heterocycles. The van der Waals surface area contributed by atoms with E-state index in [-0.39, 0.29) is 11.7 Å². The van der Waals surface area contributed by atoms with Crippen LogP contribution in [0, 0.1) is 5.92 Å². The van der Waals surface area contributed by atoms with Crippen LogP contribution in [0.25, 0.3) is 0 Å². The summed E-state index contributed by atoms with van der Waals surface area (Å²) in [6.45, 7) is 4.74. The Morgan fingerprint density at radius 3 is 2.72 bits per heavy atom. The lowest BCUT2D eigenvalue weighted by atomic mass is 10.2. The van der Waals surface area contributed by atoms with Crippen molar-refractivity contribution < 1.29 is 9.53 Å². The Balaban J connectivity index is 3.11. The van der Waals surface area contributed by atoms with Gasteiger partial charge in [0.2, 0.25) is 5.91 Å². The third-order valence-electron chi connectivity index (χ3n) is 2.18. The van der Waals surface area contributed by atoms with Crippen molar-refractivity contribution >= 4 is 23.3 Å². The zero-order valence-corrected chi connectivity index (χ0v) is 11.4. The number of ether oxygens (including phenoxy) is 1. The minimum Gasteiger partial charge on any atom is -0.490 e. The molecule has 100 valence electrons. The number of hydrogen-bond donors (Lipinski definition) is 1. The van der Waals surface area contributed by atoms with Crippen LogP contribution < -0.4 is 15.4 Å². The molecule has 1 aromatic rings. The average Bonchev–Trinajstić information content (AvgIpc) is 2.26. The zero-order chi connectivity index (χ0) is 13.7. The number of carbonyl (C=O) groups excluding carboxylic acids is 1. The maximum atomic E-state index is 11.1. The third-order valence-corrected chi connectivity index (χ3v) is 2.45. The second kappa shape index (κ2) is 6.39. The first-order chi connectivity index (χ1) is 8.45. The summed E-state index contributed by atoms with van der Waals surface area (Å²) >= 11 is 5.93.